The number of nitrogens with zero attached hydrogens (tertiary/aromatic N) is 5. The van der Waals surface area contributed by atoms with E-state index >= 15 is 0 Å². The number of piperidine rings is 1. The van der Waals surface area contributed by atoms with Gasteiger partial charge in [-0.1, -0.05) is 42.7 Å². The Bertz CT molecular complexity index is 2670. The van der Waals surface area contributed by atoms with Gasteiger partial charge in [0.15, 0.2) is 23.0 Å². The van der Waals surface area contributed by atoms with E-state index in [-0.39, 0.29) is 42.9 Å². The van der Waals surface area contributed by atoms with Crippen molar-refractivity contribution in [3.8, 4) is 40.0 Å². The highest BCUT2D eigenvalue weighted by atomic mass is 16.7. The van der Waals surface area contributed by atoms with E-state index in [9.17, 15) is 14.4 Å². The average Bonchev–Trinajstić information content (AvgIpc) is 3.93. The Morgan fingerprint density at radius 3 is 2.38 bits per heavy atom. The number of fused-ring (bicyclic) bond motifs is 3. The molecule has 5 aromatic rings. The van der Waals surface area contributed by atoms with Crippen LogP contribution in [0.15, 0.2) is 66.0 Å². The number of carbonyl (C=O) groups excluding carboxylic acids is 3. The third kappa shape index (κ3) is 8.21. The lowest BCUT2D eigenvalue weighted by Gasteiger charge is -2.43. The monoisotopic (exact) mass is 881 g/mol. The molecule has 2 aromatic heterocycles. The van der Waals surface area contributed by atoms with Crippen molar-refractivity contribution in [2.24, 2.45) is 22.9 Å². The van der Waals surface area contributed by atoms with Gasteiger partial charge in [-0.25, -0.2) is 15.0 Å². The summed E-state index contributed by atoms with van der Waals surface area (Å²) in [6.07, 6.45) is 8.86. The van der Waals surface area contributed by atoms with Gasteiger partial charge in [0.05, 0.1) is 49.2 Å². The Labute approximate surface area is 377 Å². The Morgan fingerprint density at radius 1 is 0.877 bits per heavy atom. The number of hydrogen-bond acceptors (Lipinski definition) is 11. The van der Waals surface area contributed by atoms with Gasteiger partial charge in [0.2, 0.25) is 18.6 Å². The number of hydrogen-bond donors (Lipinski definition) is 2. The molecule has 5 heterocycles. The molecule has 3 atom stereocenters. The smallest absolute Gasteiger partial charge is 0.255 e. The molecule has 3 aliphatic heterocycles. The number of methoxy groups -OCH3 is 2. The minimum atomic E-state index is -0.882. The van der Waals surface area contributed by atoms with Crippen molar-refractivity contribution in [2.45, 2.75) is 83.7 Å². The van der Waals surface area contributed by atoms with Crippen LogP contribution in [-0.2, 0) is 16.0 Å². The zero-order valence-corrected chi connectivity index (χ0v) is 37.4. The molecule has 3 amide bonds. The highest BCUT2D eigenvalue weighted by Gasteiger charge is 2.44. The highest BCUT2D eigenvalue weighted by molar-refractivity contribution is 6.11. The number of aromatic amines is 1. The number of ether oxygens (including phenoxy) is 5. The molecule has 3 aromatic carbocycles. The molecule has 338 valence electrons. The Balaban J connectivity index is 0.907. The SMILES string of the molecule is COc1ccc(C2=NN(C3CCN(C(=O)[C@@H](Cc4ccc(C)cc4)NC(=O)c4c(C)[nH]c5c(-c6c(OCC7CC7)ccc7c6OCO7)ncnc45)CC3)C(=O)[C@@H]3CCCC[C@H]23)cc1OC. The maximum absolute atomic E-state index is 14.7. The lowest BCUT2D eigenvalue weighted by molar-refractivity contribution is -0.143. The van der Waals surface area contributed by atoms with Crippen molar-refractivity contribution in [3.05, 3.63) is 88.9 Å². The van der Waals surface area contributed by atoms with E-state index in [0.29, 0.717) is 101 Å². The summed E-state index contributed by atoms with van der Waals surface area (Å²) < 4.78 is 29.2. The fourth-order valence-corrected chi connectivity index (χ4v) is 10.0. The number of aryl methyl sites for hydroxylation is 2. The van der Waals surface area contributed by atoms with Crippen LogP contribution in [0.25, 0.3) is 22.3 Å². The summed E-state index contributed by atoms with van der Waals surface area (Å²) >= 11 is 0. The number of rotatable bonds is 13. The number of H-pyrrole nitrogens is 1. The van der Waals surface area contributed by atoms with Crippen molar-refractivity contribution in [3.63, 3.8) is 0 Å². The molecule has 0 bridgehead atoms. The normalized spacial score (nSPS) is 20.0. The Hall–Kier alpha value is -6.64. The van der Waals surface area contributed by atoms with Crippen molar-refractivity contribution < 1.29 is 38.1 Å². The fourth-order valence-electron chi connectivity index (χ4n) is 10.0. The van der Waals surface area contributed by atoms with Gasteiger partial charge in [0, 0.05) is 42.6 Å². The molecule has 1 saturated heterocycles. The topological polar surface area (TPSA) is 170 Å². The highest BCUT2D eigenvalue weighted by Crippen LogP contribution is 2.49. The van der Waals surface area contributed by atoms with Gasteiger partial charge >= 0.3 is 0 Å². The number of carbonyl (C=O) groups is 3. The summed E-state index contributed by atoms with van der Waals surface area (Å²) in [7, 11) is 3.23. The first-order valence-electron chi connectivity index (χ1n) is 22.9. The molecule has 3 fully saturated rings. The van der Waals surface area contributed by atoms with Crippen LogP contribution in [0.1, 0.15) is 84.1 Å². The first-order valence-corrected chi connectivity index (χ1v) is 22.9. The van der Waals surface area contributed by atoms with E-state index in [0.717, 1.165) is 60.9 Å². The molecule has 0 radical (unpaired) electrons. The second-order valence-electron chi connectivity index (χ2n) is 18.0. The first kappa shape index (κ1) is 42.3. The number of benzene rings is 3. The first-order chi connectivity index (χ1) is 31.7. The van der Waals surface area contributed by atoms with Gasteiger partial charge in [-0.05, 0) is 94.2 Å². The van der Waals surface area contributed by atoms with E-state index in [4.69, 9.17) is 28.8 Å². The largest absolute Gasteiger partial charge is 0.493 e. The van der Waals surface area contributed by atoms with Crippen LogP contribution in [-0.4, -0.2) is 101 Å². The number of hydrazone groups is 1. The minimum Gasteiger partial charge on any atom is -0.493 e. The van der Waals surface area contributed by atoms with E-state index in [1.807, 2.05) is 73.3 Å². The van der Waals surface area contributed by atoms with Gasteiger partial charge in [0.25, 0.3) is 5.91 Å². The predicted octanol–water partition coefficient (Wildman–Crippen LogP) is 7.16. The molecular weight excluding hydrogens is 827 g/mol. The van der Waals surface area contributed by atoms with Gasteiger partial charge in [-0.15, -0.1) is 0 Å². The van der Waals surface area contributed by atoms with Crippen LogP contribution in [0.4, 0.5) is 0 Å². The van der Waals surface area contributed by atoms with E-state index in [1.54, 1.807) is 19.2 Å². The van der Waals surface area contributed by atoms with Crippen molar-refractivity contribution in [1.29, 1.82) is 0 Å². The van der Waals surface area contributed by atoms with Crippen LogP contribution in [0.2, 0.25) is 0 Å². The molecule has 0 spiro atoms. The molecule has 5 aliphatic rings. The molecule has 0 unspecified atom stereocenters. The van der Waals surface area contributed by atoms with Gasteiger partial charge < -0.3 is 38.9 Å². The van der Waals surface area contributed by atoms with E-state index < -0.39 is 11.9 Å². The van der Waals surface area contributed by atoms with Crippen LogP contribution >= 0.6 is 0 Å². The van der Waals surface area contributed by atoms with Crippen LogP contribution < -0.4 is 29.0 Å². The lowest BCUT2D eigenvalue weighted by atomic mass is 9.73. The molecule has 2 aliphatic carbocycles. The molecule has 15 nitrogen and oxygen atoms in total. The number of nitrogens with one attached hydrogen (secondary N) is 2. The van der Waals surface area contributed by atoms with Crippen LogP contribution in [0.3, 0.4) is 0 Å². The molecule has 65 heavy (non-hydrogen) atoms. The second-order valence-corrected chi connectivity index (χ2v) is 18.0. The van der Waals surface area contributed by atoms with Crippen molar-refractivity contribution in [1.82, 2.24) is 30.2 Å². The fraction of sp³-hybridized carbons (Fsp3) is 0.440. The van der Waals surface area contributed by atoms with Crippen LogP contribution in [0, 0.1) is 31.6 Å². The Morgan fingerprint density at radius 2 is 1.63 bits per heavy atom. The zero-order valence-electron chi connectivity index (χ0n) is 37.4. The van der Waals surface area contributed by atoms with Gasteiger partial charge in [-0.3, -0.25) is 14.4 Å². The minimum absolute atomic E-state index is 0.0309. The lowest BCUT2D eigenvalue weighted by Crippen LogP contribution is -2.56. The summed E-state index contributed by atoms with van der Waals surface area (Å²) in [5, 5.41) is 9.97. The van der Waals surface area contributed by atoms with E-state index in [1.165, 1.54) is 6.33 Å². The maximum Gasteiger partial charge on any atom is 0.255 e. The summed E-state index contributed by atoms with van der Waals surface area (Å²) in [6.45, 7) is 5.30. The quantitative estimate of drug-likeness (QED) is 0.124. The zero-order chi connectivity index (χ0) is 44.8. The number of aromatic nitrogens is 3. The Kier molecular flexibility index (Phi) is 11.5. The molecule has 2 N–H and O–H groups in total. The third-order valence-corrected chi connectivity index (χ3v) is 13.7. The summed E-state index contributed by atoms with van der Waals surface area (Å²) in [6, 6.07) is 16.5. The average molecular weight is 882 g/mol. The standard InChI is InChI=1S/C50H55N7O8/c1-28-9-11-30(12-10-28)23-36(54-48(58)41-29(2)53-46-44(41)51-26-52-45(46)42-38(63-25-31-13-14-31)17-18-39-47(42)65-27-64-39)50(60)56-21-19-33(20-22-56)57-49(59)35-8-6-5-7-34(35)43(55-57)32-15-16-37(61-3)40(24-32)62-4/h9-12,15-18,24,26,31,33-36,53H,5-8,13-14,19-23,25,27H2,1-4H3,(H,54,58)/t34-,35+,36+/m0/s1. The van der Waals surface area contributed by atoms with Gasteiger partial charge in [-0.2, -0.15) is 5.10 Å². The van der Waals surface area contributed by atoms with Crippen molar-refractivity contribution >= 4 is 34.5 Å². The third-order valence-electron chi connectivity index (χ3n) is 13.7. The summed E-state index contributed by atoms with van der Waals surface area (Å²) in [5.41, 5.74) is 6.84. The maximum atomic E-state index is 14.7. The molecule has 2 saturated carbocycles. The molecule has 15 heteroatoms. The second kappa shape index (κ2) is 17.7. The summed E-state index contributed by atoms with van der Waals surface area (Å²) in [5.74, 6) is 2.82. The number of likely N-dealkylation sites (tertiary alicyclic amines) is 1. The van der Waals surface area contributed by atoms with E-state index in [2.05, 4.69) is 20.3 Å². The predicted molar refractivity (Wildman–Crippen MR) is 243 cm³/mol. The van der Waals surface area contributed by atoms with Gasteiger partial charge in [0.1, 0.15) is 29.3 Å². The molecular formula is C50H55N7O8. The van der Waals surface area contributed by atoms with Crippen molar-refractivity contribution in [2.75, 3.05) is 40.7 Å². The number of amides is 3. The molecule has 10 rings (SSSR count). The van der Waals surface area contributed by atoms with Crippen LogP contribution in [0.5, 0.6) is 28.7 Å². The summed E-state index contributed by atoms with van der Waals surface area (Å²) in [4.78, 5) is 58.0.